The Kier molecular flexibility index (Phi) is 4.66. The molecule has 1 heterocycles. The van der Waals surface area contributed by atoms with Crippen LogP contribution in [0.15, 0.2) is 36.0 Å². The molecule has 0 atom stereocenters. The fraction of sp³-hybridized carbons (Fsp3) is 0.308. The number of nitrogens with one attached hydrogen (secondary N) is 2. The topological polar surface area (TPSA) is 49.9 Å². The maximum atomic E-state index is 5.18. The van der Waals surface area contributed by atoms with Crippen LogP contribution in [0.2, 0.25) is 0 Å². The fourth-order valence-electron chi connectivity index (χ4n) is 1.58. The number of thioether (sulfide) groups is 1. The first-order chi connectivity index (χ1) is 8.83. The number of ether oxygens (including phenoxy) is 1. The highest BCUT2D eigenvalue weighted by Crippen LogP contribution is 2.22. The molecule has 0 fully saturated rings. The van der Waals surface area contributed by atoms with Crippen molar-refractivity contribution in [2.24, 2.45) is 0 Å². The maximum absolute atomic E-state index is 5.18. The van der Waals surface area contributed by atoms with Crippen molar-refractivity contribution in [2.75, 3.05) is 26.0 Å². The highest BCUT2D eigenvalue weighted by atomic mass is 32.2. The third-order valence-corrected chi connectivity index (χ3v) is 3.35. The van der Waals surface area contributed by atoms with Crippen molar-refractivity contribution in [3.8, 4) is 5.75 Å². The molecule has 1 aromatic carbocycles. The number of fused-ring (bicyclic) bond motifs is 1. The lowest BCUT2D eigenvalue weighted by Gasteiger charge is -1.98. The molecule has 0 aliphatic carbocycles. The van der Waals surface area contributed by atoms with Gasteiger partial charge in [0.15, 0.2) is 5.16 Å². The van der Waals surface area contributed by atoms with Crippen molar-refractivity contribution in [2.45, 2.75) is 5.16 Å². The molecule has 2 N–H and O–H groups in total. The van der Waals surface area contributed by atoms with E-state index in [2.05, 4.69) is 21.9 Å². The number of rotatable bonds is 7. The molecule has 2 rings (SSSR count). The minimum atomic E-state index is 0.843. The second-order valence-corrected chi connectivity index (χ2v) is 4.85. The van der Waals surface area contributed by atoms with Gasteiger partial charge in [0.1, 0.15) is 5.75 Å². The number of hydrogen-bond donors (Lipinski definition) is 2. The van der Waals surface area contributed by atoms with Crippen LogP contribution in [0.5, 0.6) is 5.75 Å². The van der Waals surface area contributed by atoms with Crippen molar-refractivity contribution in [1.82, 2.24) is 15.3 Å². The summed E-state index contributed by atoms with van der Waals surface area (Å²) in [6.07, 6.45) is 1.86. The summed E-state index contributed by atoms with van der Waals surface area (Å²) < 4.78 is 5.18. The SMILES string of the molecule is C=CCNCCSc1nc2ccc(OC)cc2[nH]1. The summed E-state index contributed by atoms with van der Waals surface area (Å²) in [5.41, 5.74) is 1.98. The Bertz CT molecular complexity index is 524. The molecule has 0 saturated heterocycles. The molecule has 5 heteroatoms. The molecule has 0 unspecified atom stereocenters. The number of methoxy groups -OCH3 is 1. The zero-order valence-corrected chi connectivity index (χ0v) is 11.2. The summed E-state index contributed by atoms with van der Waals surface area (Å²) >= 11 is 1.71. The minimum Gasteiger partial charge on any atom is -0.497 e. The second-order valence-electron chi connectivity index (χ2n) is 3.77. The van der Waals surface area contributed by atoms with Crippen LogP contribution in [-0.4, -0.2) is 35.9 Å². The number of nitrogens with zero attached hydrogens (tertiary/aromatic N) is 1. The van der Waals surface area contributed by atoms with Gasteiger partial charge in [-0.2, -0.15) is 0 Å². The zero-order chi connectivity index (χ0) is 12.8. The van der Waals surface area contributed by atoms with Crippen LogP contribution in [0.4, 0.5) is 0 Å². The lowest BCUT2D eigenvalue weighted by Crippen LogP contribution is -2.16. The van der Waals surface area contributed by atoms with Gasteiger partial charge in [-0.3, -0.25) is 0 Å². The Morgan fingerprint density at radius 2 is 2.44 bits per heavy atom. The van der Waals surface area contributed by atoms with E-state index in [9.17, 15) is 0 Å². The highest BCUT2D eigenvalue weighted by Gasteiger charge is 2.04. The Morgan fingerprint density at radius 3 is 3.22 bits per heavy atom. The van der Waals surface area contributed by atoms with E-state index in [0.717, 1.165) is 40.8 Å². The van der Waals surface area contributed by atoms with Gasteiger partial charge in [-0.15, -0.1) is 6.58 Å². The van der Waals surface area contributed by atoms with E-state index in [4.69, 9.17) is 4.74 Å². The van der Waals surface area contributed by atoms with Crippen LogP contribution in [0.25, 0.3) is 11.0 Å². The summed E-state index contributed by atoms with van der Waals surface area (Å²) in [5, 5.41) is 4.20. The predicted molar refractivity (Wildman–Crippen MR) is 76.4 cm³/mol. The molecule has 0 saturated carbocycles. The Labute approximate surface area is 111 Å². The zero-order valence-electron chi connectivity index (χ0n) is 10.4. The van der Waals surface area contributed by atoms with Gasteiger partial charge in [-0.25, -0.2) is 4.98 Å². The van der Waals surface area contributed by atoms with Crippen LogP contribution < -0.4 is 10.1 Å². The van der Waals surface area contributed by atoms with Crippen molar-refractivity contribution < 1.29 is 4.74 Å². The molecule has 2 aromatic rings. The lowest BCUT2D eigenvalue weighted by molar-refractivity contribution is 0.415. The summed E-state index contributed by atoms with van der Waals surface area (Å²) in [6, 6.07) is 5.84. The lowest BCUT2D eigenvalue weighted by atomic mass is 10.3. The molecule has 0 amide bonds. The molecule has 0 aliphatic heterocycles. The van der Waals surface area contributed by atoms with Crippen molar-refractivity contribution in [3.05, 3.63) is 30.9 Å². The second kappa shape index (κ2) is 6.47. The first kappa shape index (κ1) is 13.0. The monoisotopic (exact) mass is 263 g/mol. The van der Waals surface area contributed by atoms with Gasteiger partial charge in [0.05, 0.1) is 18.1 Å². The van der Waals surface area contributed by atoms with E-state index in [1.165, 1.54) is 0 Å². The van der Waals surface area contributed by atoms with Gasteiger partial charge >= 0.3 is 0 Å². The van der Waals surface area contributed by atoms with Crippen LogP contribution >= 0.6 is 11.8 Å². The molecule has 0 spiro atoms. The molecule has 96 valence electrons. The molecule has 0 bridgehead atoms. The van der Waals surface area contributed by atoms with E-state index in [1.54, 1.807) is 18.9 Å². The molecule has 1 aromatic heterocycles. The number of aromatic amines is 1. The third-order valence-electron chi connectivity index (χ3n) is 2.47. The molecular weight excluding hydrogens is 246 g/mol. The minimum absolute atomic E-state index is 0.843. The quantitative estimate of drug-likeness (QED) is 0.457. The first-order valence-electron chi connectivity index (χ1n) is 5.81. The van der Waals surface area contributed by atoms with Crippen molar-refractivity contribution in [3.63, 3.8) is 0 Å². The Hall–Kier alpha value is -1.46. The summed E-state index contributed by atoms with van der Waals surface area (Å²) in [7, 11) is 1.67. The largest absolute Gasteiger partial charge is 0.497 e. The van der Waals surface area contributed by atoms with Gasteiger partial charge < -0.3 is 15.0 Å². The third kappa shape index (κ3) is 3.27. The summed E-state index contributed by atoms with van der Waals surface area (Å²) in [6.45, 7) is 5.45. The van der Waals surface area contributed by atoms with Gasteiger partial charge in [0.25, 0.3) is 0 Å². The van der Waals surface area contributed by atoms with E-state index in [-0.39, 0.29) is 0 Å². The molecule has 0 radical (unpaired) electrons. The van der Waals surface area contributed by atoms with E-state index in [1.807, 2.05) is 24.3 Å². The Morgan fingerprint density at radius 1 is 1.56 bits per heavy atom. The molecule has 18 heavy (non-hydrogen) atoms. The number of imidazole rings is 1. The molecular formula is C13H17N3OS. The average molecular weight is 263 g/mol. The number of H-pyrrole nitrogens is 1. The standard InChI is InChI=1S/C13H17N3OS/c1-3-6-14-7-8-18-13-15-11-5-4-10(17-2)9-12(11)16-13/h3-5,9,14H,1,6-8H2,2H3,(H,15,16). The first-order valence-corrected chi connectivity index (χ1v) is 6.80. The van der Waals surface area contributed by atoms with Crippen LogP contribution in [0.1, 0.15) is 0 Å². The number of aromatic nitrogens is 2. The van der Waals surface area contributed by atoms with Crippen LogP contribution in [0, 0.1) is 0 Å². The Balaban J connectivity index is 1.95. The van der Waals surface area contributed by atoms with E-state index < -0.39 is 0 Å². The average Bonchev–Trinajstić information content (AvgIpc) is 2.80. The summed E-state index contributed by atoms with van der Waals surface area (Å²) in [5.74, 6) is 1.82. The van der Waals surface area contributed by atoms with Gasteiger partial charge in [-0.05, 0) is 12.1 Å². The smallest absolute Gasteiger partial charge is 0.166 e. The van der Waals surface area contributed by atoms with Crippen LogP contribution in [0.3, 0.4) is 0 Å². The van der Waals surface area contributed by atoms with Gasteiger partial charge in [-0.1, -0.05) is 17.8 Å². The number of benzene rings is 1. The normalized spacial score (nSPS) is 10.7. The van der Waals surface area contributed by atoms with Crippen molar-refractivity contribution in [1.29, 1.82) is 0 Å². The highest BCUT2D eigenvalue weighted by molar-refractivity contribution is 7.99. The predicted octanol–water partition coefficient (Wildman–Crippen LogP) is 2.44. The molecule has 0 aliphatic rings. The summed E-state index contributed by atoms with van der Waals surface area (Å²) in [4.78, 5) is 7.79. The van der Waals surface area contributed by atoms with Crippen molar-refractivity contribution >= 4 is 22.8 Å². The maximum Gasteiger partial charge on any atom is 0.166 e. The van der Waals surface area contributed by atoms with E-state index in [0.29, 0.717) is 0 Å². The van der Waals surface area contributed by atoms with Gasteiger partial charge in [0.2, 0.25) is 0 Å². The number of hydrogen-bond acceptors (Lipinski definition) is 4. The molecule has 4 nitrogen and oxygen atoms in total. The fourth-order valence-corrected chi connectivity index (χ4v) is 2.37. The van der Waals surface area contributed by atoms with E-state index >= 15 is 0 Å². The van der Waals surface area contributed by atoms with Gasteiger partial charge in [0, 0.05) is 24.9 Å². The van der Waals surface area contributed by atoms with Crippen LogP contribution in [-0.2, 0) is 0 Å².